The van der Waals surface area contributed by atoms with Gasteiger partial charge >= 0.3 is 0 Å². The van der Waals surface area contributed by atoms with Crippen molar-refractivity contribution in [3.63, 3.8) is 0 Å². The summed E-state index contributed by atoms with van der Waals surface area (Å²) in [4.78, 5) is 4.39. The summed E-state index contributed by atoms with van der Waals surface area (Å²) < 4.78 is 7.04. The molecule has 0 radical (unpaired) electrons. The Kier molecular flexibility index (Phi) is 5.53. The van der Waals surface area contributed by atoms with Gasteiger partial charge in [0, 0.05) is 23.5 Å². The van der Waals surface area contributed by atoms with Crippen molar-refractivity contribution in [2.24, 2.45) is 4.99 Å². The highest BCUT2D eigenvalue weighted by Gasteiger charge is 2.42. The Balaban J connectivity index is 0.00000156. The van der Waals surface area contributed by atoms with Crippen LogP contribution in [0.4, 0.5) is 0 Å². The van der Waals surface area contributed by atoms with Gasteiger partial charge < -0.3 is 15.4 Å². The molecule has 0 aromatic heterocycles. The first-order valence-corrected chi connectivity index (χ1v) is 8.93. The first-order valence-electron chi connectivity index (χ1n) is 8.13. The monoisotopic (exact) mass is 491 g/mol. The third kappa shape index (κ3) is 3.85. The van der Waals surface area contributed by atoms with Crippen LogP contribution in [0, 0.1) is 0 Å². The number of nitrogens with one attached hydrogen (secondary N) is 2. The molecule has 0 amide bonds. The molecular weight excluding hydrogens is 469 g/mol. The van der Waals surface area contributed by atoms with E-state index in [-0.39, 0.29) is 24.0 Å². The van der Waals surface area contributed by atoms with E-state index in [9.17, 15) is 0 Å². The smallest absolute Gasteiger partial charge is 0.191 e. The first-order chi connectivity index (χ1) is 10.7. The molecule has 4 rings (SSSR count). The summed E-state index contributed by atoms with van der Waals surface area (Å²) in [6.07, 6.45) is 5.55. The van der Waals surface area contributed by atoms with Crippen molar-refractivity contribution in [3.8, 4) is 0 Å². The minimum absolute atomic E-state index is 0. The lowest BCUT2D eigenvalue weighted by atomic mass is 9.96. The van der Waals surface area contributed by atoms with Crippen molar-refractivity contribution >= 4 is 45.9 Å². The number of fused-ring (bicyclic) bond motifs is 2. The Labute approximate surface area is 163 Å². The lowest BCUT2D eigenvalue weighted by molar-refractivity contribution is 0.0992. The zero-order chi connectivity index (χ0) is 15.1. The predicted octanol–water partition coefficient (Wildman–Crippen LogP) is 3.41. The molecule has 4 nitrogen and oxygen atoms in total. The van der Waals surface area contributed by atoms with Crippen LogP contribution in [0.25, 0.3) is 0 Å². The minimum atomic E-state index is 0. The Hall–Kier alpha value is -0.340. The van der Waals surface area contributed by atoms with Gasteiger partial charge in [-0.1, -0.05) is 28.1 Å². The van der Waals surface area contributed by atoms with E-state index in [0.29, 0.717) is 30.2 Å². The molecule has 5 atom stereocenters. The van der Waals surface area contributed by atoms with Gasteiger partial charge in [0.25, 0.3) is 0 Å². The maximum atomic E-state index is 5.90. The largest absolute Gasteiger partial charge is 0.373 e. The Morgan fingerprint density at radius 1 is 1.13 bits per heavy atom. The van der Waals surface area contributed by atoms with Gasteiger partial charge in [-0.2, -0.15) is 0 Å². The average Bonchev–Trinajstić information content (AvgIpc) is 2.97. The van der Waals surface area contributed by atoms with Crippen LogP contribution in [0.3, 0.4) is 0 Å². The number of aliphatic imine (C=N–C) groups is 1. The molecule has 3 fully saturated rings. The second-order valence-electron chi connectivity index (χ2n) is 6.58. The molecule has 2 heterocycles. The van der Waals surface area contributed by atoms with Gasteiger partial charge in [0.2, 0.25) is 0 Å². The van der Waals surface area contributed by atoms with Crippen LogP contribution in [0.1, 0.15) is 37.2 Å². The minimum Gasteiger partial charge on any atom is -0.373 e. The number of benzene rings is 1. The summed E-state index contributed by atoms with van der Waals surface area (Å²) in [5, 5.41) is 7.12. The number of hydrogen-bond acceptors (Lipinski definition) is 2. The Bertz CT molecular complexity index is 580. The molecule has 3 aliphatic rings. The van der Waals surface area contributed by atoms with Gasteiger partial charge in [-0.3, -0.25) is 4.99 Å². The van der Waals surface area contributed by atoms with E-state index in [1.807, 2.05) is 7.05 Å². The second kappa shape index (κ2) is 7.27. The van der Waals surface area contributed by atoms with Crippen LogP contribution in [0.5, 0.6) is 0 Å². The van der Waals surface area contributed by atoms with Gasteiger partial charge in [0.15, 0.2) is 5.96 Å². The lowest BCUT2D eigenvalue weighted by Gasteiger charge is -2.22. The number of ether oxygens (including phenoxy) is 1. The van der Waals surface area contributed by atoms with Gasteiger partial charge in [0.1, 0.15) is 0 Å². The molecule has 0 spiro atoms. The molecule has 1 aliphatic carbocycles. The summed E-state index contributed by atoms with van der Waals surface area (Å²) in [6, 6.07) is 9.56. The van der Waals surface area contributed by atoms with Crippen LogP contribution < -0.4 is 10.6 Å². The Morgan fingerprint density at radius 2 is 1.87 bits per heavy atom. The third-order valence-electron chi connectivity index (χ3n) is 5.06. The number of rotatable bonds is 3. The maximum Gasteiger partial charge on any atom is 0.191 e. The summed E-state index contributed by atoms with van der Waals surface area (Å²) in [5.74, 6) is 1.52. The molecular formula is C17H23BrIN3O. The summed E-state index contributed by atoms with van der Waals surface area (Å²) in [7, 11) is 1.85. The lowest BCUT2D eigenvalue weighted by Crippen LogP contribution is -2.48. The van der Waals surface area contributed by atoms with Gasteiger partial charge in [-0.15, -0.1) is 24.0 Å². The zero-order valence-electron chi connectivity index (χ0n) is 13.2. The van der Waals surface area contributed by atoms with Crippen LogP contribution >= 0.6 is 39.9 Å². The molecule has 5 unspecified atom stereocenters. The summed E-state index contributed by atoms with van der Waals surface area (Å²) in [5.41, 5.74) is 1.40. The van der Waals surface area contributed by atoms with Crippen LogP contribution in [-0.4, -0.2) is 37.3 Å². The summed E-state index contributed by atoms with van der Waals surface area (Å²) in [6.45, 7) is 0. The topological polar surface area (TPSA) is 45.7 Å². The van der Waals surface area contributed by atoms with Gasteiger partial charge in [-0.05, 0) is 43.4 Å². The molecule has 126 valence electrons. The molecule has 1 aromatic rings. The molecule has 2 aliphatic heterocycles. The standard InChI is InChI=1S/C17H22BrN3O.HI/c1-19-17(21-15-8-12-6-7-16(15)22-12)20-14-9-13(14)10-2-4-11(18)5-3-10;/h2-5,12-16H,6-9H2,1H3,(H2,19,20,21);1H. The third-order valence-corrected chi connectivity index (χ3v) is 5.59. The SMILES string of the molecule is CN=C(NC1CC2CCC1O2)NC1CC1c1ccc(Br)cc1.I. The van der Waals surface area contributed by atoms with E-state index in [1.165, 1.54) is 24.8 Å². The highest BCUT2D eigenvalue weighted by atomic mass is 127. The van der Waals surface area contributed by atoms with Crippen LogP contribution in [0.15, 0.2) is 33.7 Å². The van der Waals surface area contributed by atoms with Crippen molar-refractivity contribution in [2.75, 3.05) is 7.05 Å². The van der Waals surface area contributed by atoms with E-state index < -0.39 is 0 Å². The highest BCUT2D eigenvalue weighted by Crippen LogP contribution is 2.41. The molecule has 23 heavy (non-hydrogen) atoms. The second-order valence-corrected chi connectivity index (χ2v) is 7.49. The van der Waals surface area contributed by atoms with E-state index in [4.69, 9.17) is 4.74 Å². The molecule has 1 aromatic carbocycles. The molecule has 1 saturated carbocycles. The molecule has 2 saturated heterocycles. The van der Waals surface area contributed by atoms with Gasteiger partial charge in [0.05, 0.1) is 18.2 Å². The van der Waals surface area contributed by atoms with Crippen molar-refractivity contribution in [3.05, 3.63) is 34.3 Å². The fraction of sp³-hybridized carbons (Fsp3) is 0.588. The van der Waals surface area contributed by atoms with E-state index in [1.54, 1.807) is 0 Å². The van der Waals surface area contributed by atoms with E-state index in [2.05, 4.69) is 55.8 Å². The fourth-order valence-electron chi connectivity index (χ4n) is 3.74. The van der Waals surface area contributed by atoms with Crippen LogP contribution in [-0.2, 0) is 4.74 Å². The number of nitrogens with zero attached hydrogens (tertiary/aromatic N) is 1. The Morgan fingerprint density at radius 3 is 2.48 bits per heavy atom. The normalized spacial score (nSPS) is 34.9. The maximum absolute atomic E-state index is 5.90. The molecule has 2 N–H and O–H groups in total. The highest BCUT2D eigenvalue weighted by molar-refractivity contribution is 14.0. The quantitative estimate of drug-likeness (QED) is 0.387. The molecule has 6 heteroatoms. The van der Waals surface area contributed by atoms with Crippen molar-refractivity contribution in [1.82, 2.24) is 10.6 Å². The number of guanidine groups is 1. The van der Waals surface area contributed by atoms with Crippen molar-refractivity contribution < 1.29 is 4.74 Å². The van der Waals surface area contributed by atoms with Crippen molar-refractivity contribution in [1.29, 1.82) is 0 Å². The van der Waals surface area contributed by atoms with E-state index >= 15 is 0 Å². The number of halogens is 2. The molecule has 2 bridgehead atoms. The predicted molar refractivity (Wildman–Crippen MR) is 107 cm³/mol. The zero-order valence-corrected chi connectivity index (χ0v) is 17.1. The first kappa shape index (κ1) is 17.5. The van der Waals surface area contributed by atoms with Gasteiger partial charge in [-0.25, -0.2) is 0 Å². The van der Waals surface area contributed by atoms with E-state index in [0.717, 1.165) is 16.9 Å². The van der Waals surface area contributed by atoms with Crippen molar-refractivity contribution in [2.45, 2.75) is 55.9 Å². The average molecular weight is 492 g/mol. The van der Waals surface area contributed by atoms with Crippen LogP contribution in [0.2, 0.25) is 0 Å². The summed E-state index contributed by atoms with van der Waals surface area (Å²) >= 11 is 3.49. The number of hydrogen-bond donors (Lipinski definition) is 2. The fourth-order valence-corrected chi connectivity index (χ4v) is 4.01.